The molecule has 4 rings (SSSR count). The van der Waals surface area contributed by atoms with Crippen molar-refractivity contribution in [2.75, 3.05) is 50.1 Å². The first kappa shape index (κ1) is 22.2. The van der Waals surface area contributed by atoms with Gasteiger partial charge >= 0.3 is 0 Å². The van der Waals surface area contributed by atoms with Gasteiger partial charge in [0.15, 0.2) is 0 Å². The number of nitrogens with zero attached hydrogens (tertiary/aromatic N) is 4. The van der Waals surface area contributed by atoms with E-state index in [1.54, 1.807) is 10.8 Å². The van der Waals surface area contributed by atoms with E-state index in [2.05, 4.69) is 25.5 Å². The van der Waals surface area contributed by atoms with Crippen LogP contribution in [0.3, 0.4) is 0 Å². The molecule has 1 fully saturated rings. The molecule has 9 nitrogen and oxygen atoms in total. The van der Waals surface area contributed by atoms with E-state index in [1.807, 2.05) is 44.3 Å². The van der Waals surface area contributed by atoms with Gasteiger partial charge in [0.1, 0.15) is 17.5 Å². The number of nitrogens with one attached hydrogen (secondary N) is 2. The third-order valence-electron chi connectivity index (χ3n) is 5.55. The van der Waals surface area contributed by atoms with Gasteiger partial charge in [-0.05, 0) is 49.1 Å². The van der Waals surface area contributed by atoms with Crippen molar-refractivity contribution in [2.24, 2.45) is 0 Å². The van der Waals surface area contributed by atoms with Crippen LogP contribution in [0.15, 0.2) is 41.5 Å². The molecule has 4 heterocycles. The van der Waals surface area contributed by atoms with E-state index >= 15 is 0 Å². The number of hydrogen-bond donors (Lipinski definition) is 3. The molecule has 170 valence electrons. The maximum absolute atomic E-state index is 13.4. The van der Waals surface area contributed by atoms with Crippen LogP contribution in [0.25, 0.3) is 10.8 Å². The molecule has 0 radical (unpaired) electrons. The first-order valence-electron chi connectivity index (χ1n) is 10.9. The number of hydrogen-bond acceptors (Lipinski definition) is 8. The van der Waals surface area contributed by atoms with Gasteiger partial charge in [0, 0.05) is 44.6 Å². The minimum atomic E-state index is -0.251. The number of rotatable bonds is 8. The number of morpholine rings is 1. The molecule has 3 aromatic rings. The van der Waals surface area contributed by atoms with Gasteiger partial charge in [0.05, 0.1) is 25.2 Å². The average Bonchev–Trinajstić information content (AvgIpc) is 2.79. The fraction of sp³-hybridized carbons (Fsp3) is 0.435. The highest BCUT2D eigenvalue weighted by Gasteiger charge is 2.15. The van der Waals surface area contributed by atoms with Gasteiger partial charge in [0.25, 0.3) is 5.56 Å². The van der Waals surface area contributed by atoms with Crippen molar-refractivity contribution < 1.29 is 9.84 Å². The number of anilines is 3. The summed E-state index contributed by atoms with van der Waals surface area (Å²) in [5, 5.41) is 17.2. The largest absolute Gasteiger partial charge is 0.394 e. The van der Waals surface area contributed by atoms with Gasteiger partial charge in [-0.25, -0.2) is 9.97 Å². The van der Waals surface area contributed by atoms with Gasteiger partial charge < -0.3 is 25.0 Å². The average molecular weight is 439 g/mol. The Morgan fingerprint density at radius 2 is 2.00 bits per heavy atom. The first-order chi connectivity index (χ1) is 15.5. The first-order valence-corrected chi connectivity index (χ1v) is 10.9. The lowest BCUT2D eigenvalue weighted by Crippen LogP contribution is -2.39. The molecule has 1 aliphatic heterocycles. The molecular formula is C23H30N6O3. The van der Waals surface area contributed by atoms with Crippen LogP contribution in [0.1, 0.15) is 12.5 Å². The molecule has 0 amide bonds. The fourth-order valence-electron chi connectivity index (χ4n) is 3.74. The molecule has 1 aliphatic rings. The SMILES string of the molecule is Cc1ccnc(Nc2cc3ccn(CCN4CCOCC4)c(=O)c3c(N[C@@H](C)CO)n2)c1. The van der Waals surface area contributed by atoms with E-state index in [1.165, 1.54) is 0 Å². The van der Waals surface area contributed by atoms with Crippen LogP contribution in [-0.2, 0) is 11.3 Å². The van der Waals surface area contributed by atoms with Crippen molar-refractivity contribution in [1.29, 1.82) is 0 Å². The van der Waals surface area contributed by atoms with Crippen LogP contribution in [0.5, 0.6) is 0 Å². The second kappa shape index (κ2) is 10.1. The lowest BCUT2D eigenvalue weighted by atomic mass is 10.2. The fourth-order valence-corrected chi connectivity index (χ4v) is 3.74. The van der Waals surface area contributed by atoms with Crippen molar-refractivity contribution in [3.63, 3.8) is 0 Å². The van der Waals surface area contributed by atoms with Crippen molar-refractivity contribution in [3.8, 4) is 0 Å². The molecular weight excluding hydrogens is 408 g/mol. The highest BCUT2D eigenvalue weighted by Crippen LogP contribution is 2.24. The minimum absolute atomic E-state index is 0.0711. The van der Waals surface area contributed by atoms with Crippen LogP contribution < -0.4 is 16.2 Å². The Hall–Kier alpha value is -3.01. The Morgan fingerprint density at radius 3 is 2.75 bits per heavy atom. The highest BCUT2D eigenvalue weighted by molar-refractivity contribution is 5.93. The Bertz CT molecular complexity index is 1130. The van der Waals surface area contributed by atoms with Gasteiger partial charge in [0.2, 0.25) is 0 Å². The number of aromatic nitrogens is 3. The molecule has 9 heteroatoms. The summed E-state index contributed by atoms with van der Waals surface area (Å²) in [6, 6.07) is 7.38. The number of ether oxygens (including phenoxy) is 1. The summed E-state index contributed by atoms with van der Waals surface area (Å²) in [6.07, 6.45) is 3.57. The van der Waals surface area contributed by atoms with E-state index < -0.39 is 0 Å². The van der Waals surface area contributed by atoms with Crippen LogP contribution in [-0.4, -0.2) is 70.0 Å². The lowest BCUT2D eigenvalue weighted by molar-refractivity contribution is 0.0363. The highest BCUT2D eigenvalue weighted by atomic mass is 16.5. The zero-order valence-electron chi connectivity index (χ0n) is 18.5. The molecule has 0 bridgehead atoms. The summed E-state index contributed by atoms with van der Waals surface area (Å²) in [6.45, 7) is 8.38. The van der Waals surface area contributed by atoms with Gasteiger partial charge in [-0.3, -0.25) is 9.69 Å². The van der Waals surface area contributed by atoms with E-state index in [4.69, 9.17) is 4.74 Å². The Morgan fingerprint density at radius 1 is 1.19 bits per heavy atom. The summed E-state index contributed by atoms with van der Waals surface area (Å²) in [7, 11) is 0. The predicted octanol–water partition coefficient (Wildman–Crippen LogP) is 1.97. The maximum Gasteiger partial charge on any atom is 0.262 e. The molecule has 3 N–H and O–H groups in total. The molecule has 32 heavy (non-hydrogen) atoms. The number of pyridine rings is 3. The smallest absolute Gasteiger partial charge is 0.262 e. The third kappa shape index (κ3) is 5.24. The van der Waals surface area contributed by atoms with Crippen molar-refractivity contribution in [2.45, 2.75) is 26.4 Å². The summed E-state index contributed by atoms with van der Waals surface area (Å²) < 4.78 is 7.12. The molecule has 1 atom stereocenters. The van der Waals surface area contributed by atoms with Crippen LogP contribution in [0.2, 0.25) is 0 Å². The Kier molecular flexibility index (Phi) is 6.99. The summed E-state index contributed by atoms with van der Waals surface area (Å²) in [5.74, 6) is 1.70. The van der Waals surface area contributed by atoms with E-state index in [0.29, 0.717) is 29.4 Å². The second-order valence-electron chi connectivity index (χ2n) is 8.16. The summed E-state index contributed by atoms with van der Waals surface area (Å²) in [4.78, 5) is 24.6. The monoisotopic (exact) mass is 438 g/mol. The molecule has 3 aromatic heterocycles. The van der Waals surface area contributed by atoms with Gasteiger partial charge in [-0.2, -0.15) is 0 Å². The molecule has 0 spiro atoms. The van der Waals surface area contributed by atoms with Crippen molar-refractivity contribution in [1.82, 2.24) is 19.4 Å². The van der Waals surface area contributed by atoms with Crippen molar-refractivity contribution in [3.05, 3.63) is 52.6 Å². The number of aryl methyl sites for hydroxylation is 1. The molecule has 0 aromatic carbocycles. The topological polar surface area (TPSA) is 105 Å². The summed E-state index contributed by atoms with van der Waals surface area (Å²) in [5.41, 5.74) is 0.981. The lowest BCUT2D eigenvalue weighted by Gasteiger charge is -2.26. The second-order valence-corrected chi connectivity index (χ2v) is 8.16. The van der Waals surface area contributed by atoms with Gasteiger partial charge in [-0.1, -0.05) is 0 Å². The quantitative estimate of drug-likeness (QED) is 0.490. The van der Waals surface area contributed by atoms with Crippen LogP contribution in [0, 0.1) is 6.92 Å². The van der Waals surface area contributed by atoms with Crippen LogP contribution in [0.4, 0.5) is 17.5 Å². The molecule has 0 aliphatic carbocycles. The Labute approximate surface area is 187 Å². The number of aliphatic hydroxyl groups excluding tert-OH is 1. The molecule has 0 saturated carbocycles. The van der Waals surface area contributed by atoms with E-state index in [0.717, 1.165) is 43.8 Å². The maximum atomic E-state index is 13.4. The van der Waals surface area contributed by atoms with Gasteiger partial charge in [-0.15, -0.1) is 0 Å². The standard InChI is InChI=1S/C23H30N6O3/c1-16-3-5-24-19(13-16)26-20-14-18-4-6-29(8-7-28-9-11-32-12-10-28)23(31)21(18)22(27-20)25-17(2)15-30/h3-6,13-14,17,30H,7-12,15H2,1-2H3,(H2,24,25,26,27)/t17-/m0/s1. The minimum Gasteiger partial charge on any atom is -0.394 e. The zero-order chi connectivity index (χ0) is 22.5. The Balaban J connectivity index is 1.67. The van der Waals surface area contributed by atoms with Crippen LogP contribution >= 0.6 is 0 Å². The van der Waals surface area contributed by atoms with Crippen molar-refractivity contribution >= 4 is 28.2 Å². The predicted molar refractivity (Wildman–Crippen MR) is 126 cm³/mol. The molecule has 0 unspecified atom stereocenters. The van der Waals surface area contributed by atoms with E-state index in [-0.39, 0.29) is 18.2 Å². The number of aliphatic hydroxyl groups is 1. The zero-order valence-corrected chi connectivity index (χ0v) is 18.5. The summed E-state index contributed by atoms with van der Waals surface area (Å²) >= 11 is 0. The van der Waals surface area contributed by atoms with E-state index in [9.17, 15) is 9.90 Å². The third-order valence-corrected chi connectivity index (χ3v) is 5.55. The normalized spacial score (nSPS) is 15.6. The number of fused-ring (bicyclic) bond motifs is 1. The molecule has 1 saturated heterocycles.